The van der Waals surface area contributed by atoms with Crippen molar-refractivity contribution < 1.29 is 8.42 Å². The molecule has 1 aromatic carbocycles. The quantitative estimate of drug-likeness (QED) is 0.815. The van der Waals surface area contributed by atoms with Crippen LogP contribution in [0.2, 0.25) is 0 Å². The highest BCUT2D eigenvalue weighted by Gasteiger charge is 2.16. The molecule has 1 saturated heterocycles. The maximum atomic E-state index is 12.3. The van der Waals surface area contributed by atoms with Gasteiger partial charge in [-0.05, 0) is 24.6 Å². The largest absolute Gasteiger partial charge is 0.324 e. The summed E-state index contributed by atoms with van der Waals surface area (Å²) in [5.41, 5.74) is 6.62. The summed E-state index contributed by atoms with van der Waals surface area (Å²) in [7, 11) is -3.45. The number of rotatable bonds is 6. The number of sulfonamides is 1. The van der Waals surface area contributed by atoms with Gasteiger partial charge in [0, 0.05) is 43.7 Å². The van der Waals surface area contributed by atoms with Gasteiger partial charge in [-0.25, -0.2) is 13.1 Å². The van der Waals surface area contributed by atoms with E-state index in [0.717, 1.165) is 36.7 Å². The third kappa shape index (κ3) is 4.96. The van der Waals surface area contributed by atoms with Gasteiger partial charge in [0.25, 0.3) is 0 Å². The number of thioether (sulfide) groups is 1. The van der Waals surface area contributed by atoms with Gasteiger partial charge in [-0.3, -0.25) is 0 Å². The van der Waals surface area contributed by atoms with E-state index in [1.165, 1.54) is 0 Å². The number of nitrogens with two attached hydrogens (primary N) is 1. The van der Waals surface area contributed by atoms with Crippen LogP contribution in [-0.2, 0) is 10.0 Å². The zero-order chi connectivity index (χ0) is 15.3. The van der Waals surface area contributed by atoms with Crippen LogP contribution in [0.4, 0.5) is 0 Å². The molecule has 1 heterocycles. The molecule has 0 radical (unpaired) electrons. The van der Waals surface area contributed by atoms with Crippen LogP contribution in [-0.4, -0.2) is 51.0 Å². The standard InChI is InChI=1S/C14H23N3O2S2/c1-12(15)13-3-2-4-14(11-13)21(18,19)16-5-6-17-7-9-20-10-8-17/h2-4,11-12,16H,5-10,15H2,1H3. The molecule has 1 aromatic rings. The second kappa shape index (κ2) is 7.60. The van der Waals surface area contributed by atoms with Crippen molar-refractivity contribution in [1.82, 2.24) is 9.62 Å². The smallest absolute Gasteiger partial charge is 0.240 e. The van der Waals surface area contributed by atoms with Gasteiger partial charge in [0.15, 0.2) is 0 Å². The molecule has 0 spiro atoms. The van der Waals surface area contributed by atoms with Gasteiger partial charge in [-0.15, -0.1) is 0 Å². The van der Waals surface area contributed by atoms with E-state index in [1.807, 2.05) is 24.8 Å². The molecule has 0 saturated carbocycles. The van der Waals surface area contributed by atoms with Crippen LogP contribution in [0.5, 0.6) is 0 Å². The van der Waals surface area contributed by atoms with Crippen molar-refractivity contribution >= 4 is 21.8 Å². The van der Waals surface area contributed by atoms with Crippen molar-refractivity contribution in [2.24, 2.45) is 5.73 Å². The summed E-state index contributed by atoms with van der Waals surface area (Å²) in [6.45, 7) is 5.11. The Kier molecular flexibility index (Phi) is 6.07. The van der Waals surface area contributed by atoms with Crippen molar-refractivity contribution in [2.45, 2.75) is 17.9 Å². The van der Waals surface area contributed by atoms with E-state index in [2.05, 4.69) is 9.62 Å². The zero-order valence-electron chi connectivity index (χ0n) is 12.3. The molecule has 1 fully saturated rings. The minimum absolute atomic E-state index is 0.175. The van der Waals surface area contributed by atoms with Crippen molar-refractivity contribution in [3.8, 4) is 0 Å². The number of hydrogen-bond donors (Lipinski definition) is 2. The molecule has 0 aliphatic carbocycles. The minimum Gasteiger partial charge on any atom is -0.324 e. The number of nitrogens with one attached hydrogen (secondary N) is 1. The first-order valence-corrected chi connectivity index (χ1v) is 9.78. The van der Waals surface area contributed by atoms with Gasteiger partial charge in [-0.2, -0.15) is 11.8 Å². The van der Waals surface area contributed by atoms with E-state index in [9.17, 15) is 8.42 Å². The summed E-state index contributed by atoms with van der Waals surface area (Å²) in [6.07, 6.45) is 0. The van der Waals surface area contributed by atoms with Crippen LogP contribution < -0.4 is 10.5 Å². The monoisotopic (exact) mass is 329 g/mol. The lowest BCUT2D eigenvalue weighted by molar-refractivity contribution is 0.307. The lowest BCUT2D eigenvalue weighted by atomic mass is 10.1. The minimum atomic E-state index is -3.45. The third-order valence-electron chi connectivity index (χ3n) is 3.52. The number of benzene rings is 1. The average Bonchev–Trinajstić information content (AvgIpc) is 2.48. The summed E-state index contributed by atoms with van der Waals surface area (Å²) in [5, 5.41) is 0. The Morgan fingerprint density at radius 3 is 2.76 bits per heavy atom. The summed E-state index contributed by atoms with van der Waals surface area (Å²) < 4.78 is 27.2. The van der Waals surface area contributed by atoms with E-state index < -0.39 is 10.0 Å². The van der Waals surface area contributed by atoms with Crippen LogP contribution in [0.3, 0.4) is 0 Å². The Bertz CT molecular complexity index is 555. The third-order valence-corrected chi connectivity index (χ3v) is 5.92. The predicted octanol–water partition coefficient (Wildman–Crippen LogP) is 1.03. The van der Waals surface area contributed by atoms with E-state index in [1.54, 1.807) is 18.2 Å². The first-order valence-electron chi connectivity index (χ1n) is 7.14. The molecule has 21 heavy (non-hydrogen) atoms. The van der Waals surface area contributed by atoms with Crippen LogP contribution >= 0.6 is 11.8 Å². The fourth-order valence-electron chi connectivity index (χ4n) is 2.21. The molecule has 1 aliphatic rings. The highest BCUT2D eigenvalue weighted by atomic mass is 32.2. The Hall–Kier alpha value is -0.600. The predicted molar refractivity (Wildman–Crippen MR) is 88.0 cm³/mol. The number of hydrogen-bond acceptors (Lipinski definition) is 5. The first kappa shape index (κ1) is 16.8. The van der Waals surface area contributed by atoms with Gasteiger partial charge in [0.1, 0.15) is 0 Å². The Balaban J connectivity index is 1.93. The van der Waals surface area contributed by atoms with E-state index >= 15 is 0 Å². The second-order valence-corrected chi connectivity index (χ2v) is 8.20. The fourth-order valence-corrected chi connectivity index (χ4v) is 4.27. The van der Waals surface area contributed by atoms with Crippen molar-refractivity contribution in [3.63, 3.8) is 0 Å². The Morgan fingerprint density at radius 2 is 2.10 bits per heavy atom. The van der Waals surface area contributed by atoms with Gasteiger partial charge < -0.3 is 10.6 Å². The van der Waals surface area contributed by atoms with Gasteiger partial charge in [-0.1, -0.05) is 12.1 Å². The summed E-state index contributed by atoms with van der Waals surface area (Å²) >= 11 is 1.95. The van der Waals surface area contributed by atoms with Crippen LogP contribution in [0.15, 0.2) is 29.2 Å². The van der Waals surface area contributed by atoms with E-state index in [-0.39, 0.29) is 10.9 Å². The summed E-state index contributed by atoms with van der Waals surface area (Å²) in [5.74, 6) is 2.26. The van der Waals surface area contributed by atoms with Gasteiger partial charge in [0.05, 0.1) is 4.90 Å². The molecule has 0 bridgehead atoms. The second-order valence-electron chi connectivity index (χ2n) is 5.21. The van der Waals surface area contributed by atoms with Crippen molar-refractivity contribution in [3.05, 3.63) is 29.8 Å². The van der Waals surface area contributed by atoms with Crippen LogP contribution in [0, 0.1) is 0 Å². The number of nitrogens with zero attached hydrogens (tertiary/aromatic N) is 1. The molecule has 1 aliphatic heterocycles. The molecule has 1 atom stereocenters. The van der Waals surface area contributed by atoms with Crippen molar-refractivity contribution in [1.29, 1.82) is 0 Å². The summed E-state index contributed by atoms with van der Waals surface area (Å²) in [6, 6.07) is 6.64. The topological polar surface area (TPSA) is 75.4 Å². The normalized spacial score (nSPS) is 18.6. The maximum absolute atomic E-state index is 12.3. The molecule has 5 nitrogen and oxygen atoms in total. The molecule has 118 valence electrons. The Morgan fingerprint density at radius 1 is 1.38 bits per heavy atom. The molecule has 2 rings (SSSR count). The highest BCUT2D eigenvalue weighted by molar-refractivity contribution is 7.99. The van der Waals surface area contributed by atoms with E-state index in [0.29, 0.717) is 6.54 Å². The molecular formula is C14H23N3O2S2. The molecule has 0 aromatic heterocycles. The van der Waals surface area contributed by atoms with Crippen LogP contribution in [0.25, 0.3) is 0 Å². The SMILES string of the molecule is CC(N)c1cccc(S(=O)(=O)NCCN2CCSCC2)c1. The fraction of sp³-hybridized carbons (Fsp3) is 0.571. The highest BCUT2D eigenvalue weighted by Crippen LogP contribution is 2.15. The first-order chi connectivity index (χ1) is 9.99. The zero-order valence-corrected chi connectivity index (χ0v) is 13.9. The molecule has 1 unspecified atom stereocenters. The molecule has 0 amide bonds. The lowest BCUT2D eigenvalue weighted by Gasteiger charge is -2.26. The van der Waals surface area contributed by atoms with Gasteiger partial charge >= 0.3 is 0 Å². The van der Waals surface area contributed by atoms with Crippen molar-refractivity contribution in [2.75, 3.05) is 37.7 Å². The average molecular weight is 329 g/mol. The maximum Gasteiger partial charge on any atom is 0.240 e. The van der Waals surface area contributed by atoms with Crippen LogP contribution in [0.1, 0.15) is 18.5 Å². The molecule has 3 N–H and O–H groups in total. The van der Waals surface area contributed by atoms with Gasteiger partial charge in [0.2, 0.25) is 10.0 Å². The molecular weight excluding hydrogens is 306 g/mol. The van der Waals surface area contributed by atoms with E-state index in [4.69, 9.17) is 5.73 Å². The summed E-state index contributed by atoms with van der Waals surface area (Å²) in [4.78, 5) is 2.57. The Labute approximate surface area is 131 Å². The lowest BCUT2D eigenvalue weighted by Crippen LogP contribution is -2.39. The molecule has 7 heteroatoms.